The second-order valence-corrected chi connectivity index (χ2v) is 8.86. The molecule has 0 radical (unpaired) electrons. The first-order valence-electron chi connectivity index (χ1n) is 10.4. The van der Waals surface area contributed by atoms with Gasteiger partial charge in [0.05, 0.1) is 5.52 Å². The van der Waals surface area contributed by atoms with E-state index >= 15 is 0 Å². The number of benzene rings is 1. The van der Waals surface area contributed by atoms with Crippen LogP contribution in [0.1, 0.15) is 55.4 Å². The highest BCUT2D eigenvalue weighted by Gasteiger charge is 2.35. The number of alkyl halides is 2. The van der Waals surface area contributed by atoms with Crippen molar-refractivity contribution < 1.29 is 13.6 Å². The highest BCUT2D eigenvalue weighted by Crippen LogP contribution is 2.36. The quantitative estimate of drug-likeness (QED) is 0.717. The third-order valence-electron chi connectivity index (χ3n) is 6.18. The minimum absolute atomic E-state index is 0.00760. The molecule has 1 amide bonds. The largest absolute Gasteiger partial charge is 0.348 e. The predicted octanol–water partition coefficient (Wildman–Crippen LogP) is 4.95. The molecule has 2 aliphatic carbocycles. The molecule has 2 atom stereocenters. The van der Waals surface area contributed by atoms with Gasteiger partial charge < -0.3 is 10.6 Å². The molecule has 2 aromatic rings. The highest BCUT2D eigenvalue weighted by molar-refractivity contribution is 6.31. The zero-order chi connectivity index (χ0) is 20.4. The fourth-order valence-electron chi connectivity index (χ4n) is 4.42. The molecule has 156 valence electrons. The first kappa shape index (κ1) is 20.5. The van der Waals surface area contributed by atoms with Gasteiger partial charge in [-0.1, -0.05) is 17.7 Å². The number of nitrogens with zero attached hydrogens (tertiary/aromatic N) is 1. The third kappa shape index (κ3) is 5.23. The monoisotopic (exact) mass is 421 g/mol. The highest BCUT2D eigenvalue weighted by atomic mass is 35.5. The molecule has 7 heteroatoms. The summed E-state index contributed by atoms with van der Waals surface area (Å²) in [6.45, 7) is 0.788. The molecular weight excluding hydrogens is 396 g/mol. The average molecular weight is 422 g/mol. The van der Waals surface area contributed by atoms with Crippen LogP contribution in [0.3, 0.4) is 0 Å². The molecule has 1 heterocycles. The van der Waals surface area contributed by atoms with E-state index in [-0.39, 0.29) is 24.8 Å². The average Bonchev–Trinajstić information content (AvgIpc) is 3.14. The van der Waals surface area contributed by atoms with E-state index in [9.17, 15) is 13.6 Å². The zero-order valence-electron chi connectivity index (χ0n) is 16.3. The van der Waals surface area contributed by atoms with Crippen LogP contribution in [0.15, 0.2) is 30.3 Å². The molecule has 0 unspecified atom stereocenters. The molecule has 0 aliphatic heterocycles. The standard InChI is InChI=1S/C22H26ClF2N3O/c23-16-2-6-19-15(11-16)1-5-20(28-19)21(29)27-18-4-3-17(12-18)26-13-14-7-9-22(24,25)10-8-14/h1-2,5-6,11,14,17-18,26H,3-4,7-10,12-13H2,(H,27,29)/t17-,18-/m0/s1. The fraction of sp³-hybridized carbons (Fsp3) is 0.545. The van der Waals surface area contributed by atoms with Crippen LogP contribution >= 0.6 is 11.6 Å². The number of hydrogen-bond acceptors (Lipinski definition) is 3. The van der Waals surface area contributed by atoms with Crippen molar-refractivity contribution in [2.75, 3.05) is 6.54 Å². The lowest BCUT2D eigenvalue weighted by molar-refractivity contribution is -0.0456. The molecule has 1 aromatic heterocycles. The van der Waals surface area contributed by atoms with Crippen molar-refractivity contribution in [3.63, 3.8) is 0 Å². The van der Waals surface area contributed by atoms with Crippen LogP contribution in [-0.4, -0.2) is 35.4 Å². The smallest absolute Gasteiger partial charge is 0.270 e. The molecule has 0 saturated heterocycles. The Morgan fingerprint density at radius 3 is 2.66 bits per heavy atom. The normalized spacial score (nSPS) is 24.7. The second-order valence-electron chi connectivity index (χ2n) is 8.42. The molecule has 2 aliphatic rings. The van der Waals surface area contributed by atoms with Gasteiger partial charge in [0.25, 0.3) is 5.91 Å². The van der Waals surface area contributed by atoms with Gasteiger partial charge in [-0.3, -0.25) is 4.79 Å². The summed E-state index contributed by atoms with van der Waals surface area (Å²) in [6.07, 6.45) is 3.95. The number of carbonyl (C=O) groups is 1. The van der Waals surface area contributed by atoms with Gasteiger partial charge in [-0.15, -0.1) is 0 Å². The summed E-state index contributed by atoms with van der Waals surface area (Å²) in [4.78, 5) is 17.0. The van der Waals surface area contributed by atoms with Crippen LogP contribution < -0.4 is 10.6 Å². The molecule has 2 N–H and O–H groups in total. The maximum absolute atomic E-state index is 13.3. The molecule has 0 bridgehead atoms. The van der Waals surface area contributed by atoms with Crippen LogP contribution in [-0.2, 0) is 0 Å². The van der Waals surface area contributed by atoms with E-state index < -0.39 is 5.92 Å². The zero-order valence-corrected chi connectivity index (χ0v) is 17.0. The molecule has 0 spiro atoms. The number of hydrogen-bond donors (Lipinski definition) is 2. The van der Waals surface area contributed by atoms with E-state index in [4.69, 9.17) is 11.6 Å². The molecule has 2 fully saturated rings. The first-order valence-corrected chi connectivity index (χ1v) is 10.7. The molecule has 1 aromatic carbocycles. The lowest BCUT2D eigenvalue weighted by Gasteiger charge is -2.29. The van der Waals surface area contributed by atoms with Gasteiger partial charge in [0.15, 0.2) is 0 Å². The van der Waals surface area contributed by atoms with E-state index in [2.05, 4.69) is 15.6 Å². The Morgan fingerprint density at radius 1 is 1.10 bits per heavy atom. The summed E-state index contributed by atoms with van der Waals surface area (Å²) >= 11 is 5.99. The van der Waals surface area contributed by atoms with Crippen molar-refractivity contribution in [2.45, 2.75) is 63.0 Å². The molecule has 4 rings (SSSR count). The molecule has 29 heavy (non-hydrogen) atoms. The van der Waals surface area contributed by atoms with Crippen molar-refractivity contribution in [3.05, 3.63) is 41.0 Å². The number of aromatic nitrogens is 1. The van der Waals surface area contributed by atoms with Gasteiger partial charge in [-0.25, -0.2) is 13.8 Å². The van der Waals surface area contributed by atoms with Crippen LogP contribution in [0.2, 0.25) is 5.02 Å². The van der Waals surface area contributed by atoms with Crippen molar-refractivity contribution in [1.82, 2.24) is 15.6 Å². The van der Waals surface area contributed by atoms with Gasteiger partial charge >= 0.3 is 0 Å². The Morgan fingerprint density at radius 2 is 1.86 bits per heavy atom. The summed E-state index contributed by atoms with van der Waals surface area (Å²) in [7, 11) is 0. The number of rotatable bonds is 5. The summed E-state index contributed by atoms with van der Waals surface area (Å²) in [5.41, 5.74) is 1.14. The van der Waals surface area contributed by atoms with E-state index in [1.54, 1.807) is 12.1 Å². The third-order valence-corrected chi connectivity index (χ3v) is 6.42. The fourth-order valence-corrected chi connectivity index (χ4v) is 4.60. The molecular formula is C22H26ClF2N3O. The molecule has 2 saturated carbocycles. The number of nitrogens with one attached hydrogen (secondary N) is 2. The predicted molar refractivity (Wildman–Crippen MR) is 111 cm³/mol. The number of carbonyl (C=O) groups excluding carboxylic acids is 1. The van der Waals surface area contributed by atoms with Gasteiger partial charge in [-0.2, -0.15) is 0 Å². The summed E-state index contributed by atoms with van der Waals surface area (Å²) in [6, 6.07) is 9.41. The Hall–Kier alpha value is -1.79. The lowest BCUT2D eigenvalue weighted by atomic mass is 9.86. The number of amides is 1. The van der Waals surface area contributed by atoms with E-state index in [0.717, 1.165) is 36.7 Å². The van der Waals surface area contributed by atoms with Crippen molar-refractivity contribution in [2.24, 2.45) is 5.92 Å². The van der Waals surface area contributed by atoms with E-state index in [1.807, 2.05) is 18.2 Å². The summed E-state index contributed by atoms with van der Waals surface area (Å²) in [5, 5.41) is 8.15. The minimum Gasteiger partial charge on any atom is -0.348 e. The maximum atomic E-state index is 13.3. The van der Waals surface area contributed by atoms with Gasteiger partial charge in [0.1, 0.15) is 5.69 Å². The lowest BCUT2D eigenvalue weighted by Crippen LogP contribution is -2.38. The second kappa shape index (κ2) is 8.52. The van der Waals surface area contributed by atoms with E-state index in [0.29, 0.717) is 35.5 Å². The number of fused-ring (bicyclic) bond motifs is 1. The van der Waals surface area contributed by atoms with E-state index in [1.165, 1.54) is 0 Å². The van der Waals surface area contributed by atoms with Crippen LogP contribution in [0.4, 0.5) is 8.78 Å². The SMILES string of the molecule is O=C(N[C@H]1CC[C@H](NCC2CCC(F)(F)CC2)C1)c1ccc2cc(Cl)ccc2n1. The summed E-state index contributed by atoms with van der Waals surface area (Å²) < 4.78 is 26.5. The first-order chi connectivity index (χ1) is 13.9. The van der Waals surface area contributed by atoms with Crippen LogP contribution in [0.25, 0.3) is 10.9 Å². The Balaban J connectivity index is 1.25. The van der Waals surface area contributed by atoms with Crippen molar-refractivity contribution >= 4 is 28.4 Å². The van der Waals surface area contributed by atoms with Crippen LogP contribution in [0, 0.1) is 5.92 Å². The van der Waals surface area contributed by atoms with Gasteiger partial charge in [0.2, 0.25) is 5.92 Å². The van der Waals surface area contributed by atoms with Gasteiger partial charge in [0, 0.05) is 35.3 Å². The topological polar surface area (TPSA) is 54.0 Å². The van der Waals surface area contributed by atoms with Crippen LogP contribution in [0.5, 0.6) is 0 Å². The van der Waals surface area contributed by atoms with Crippen molar-refractivity contribution in [1.29, 1.82) is 0 Å². The Kier molecular flexibility index (Phi) is 6.02. The minimum atomic E-state index is -2.47. The Labute approximate surface area is 174 Å². The molecule has 4 nitrogen and oxygen atoms in total. The number of halogens is 3. The number of pyridine rings is 1. The van der Waals surface area contributed by atoms with Gasteiger partial charge in [-0.05, 0) is 68.8 Å². The summed E-state index contributed by atoms with van der Waals surface area (Å²) in [5.74, 6) is -2.30. The Bertz CT molecular complexity index is 881. The maximum Gasteiger partial charge on any atom is 0.270 e. The van der Waals surface area contributed by atoms with Crippen molar-refractivity contribution in [3.8, 4) is 0 Å².